The zero-order valence-corrected chi connectivity index (χ0v) is 14.6. The summed E-state index contributed by atoms with van der Waals surface area (Å²) in [6.07, 6.45) is 1.66. The molecule has 0 radical (unpaired) electrons. The van der Waals surface area contributed by atoms with Crippen molar-refractivity contribution in [2.75, 3.05) is 0 Å². The van der Waals surface area contributed by atoms with Gasteiger partial charge in [-0.3, -0.25) is 9.59 Å². The maximum Gasteiger partial charge on any atom is 0.272 e. The van der Waals surface area contributed by atoms with Crippen molar-refractivity contribution in [3.8, 4) is 5.69 Å². The van der Waals surface area contributed by atoms with E-state index in [2.05, 4.69) is 15.5 Å². The maximum absolute atomic E-state index is 13.1. The second-order valence-electron chi connectivity index (χ2n) is 5.95. The number of carbonyl (C=O) groups excluding carboxylic acids is 1. The van der Waals surface area contributed by atoms with Crippen molar-refractivity contribution in [1.29, 1.82) is 0 Å². The molecule has 2 aromatic heterocycles. The summed E-state index contributed by atoms with van der Waals surface area (Å²) in [6.45, 7) is 3.71. The molecule has 0 saturated carbocycles. The molecule has 0 aliphatic carbocycles. The predicted molar refractivity (Wildman–Crippen MR) is 93.6 cm³/mol. The first kappa shape index (κ1) is 17.5. The minimum atomic E-state index is -0.387. The fraction of sp³-hybridized carbons (Fsp3) is 0.222. The molecule has 134 valence electrons. The fourth-order valence-corrected chi connectivity index (χ4v) is 2.66. The summed E-state index contributed by atoms with van der Waals surface area (Å²) in [5.74, 6) is -0.703. The molecule has 0 aliphatic heterocycles. The molecule has 3 aromatic rings. The van der Waals surface area contributed by atoms with Gasteiger partial charge in [0.15, 0.2) is 0 Å². The molecular weight excluding hydrogens is 337 g/mol. The van der Waals surface area contributed by atoms with Crippen molar-refractivity contribution in [3.63, 3.8) is 0 Å². The van der Waals surface area contributed by atoms with Crippen LogP contribution in [0, 0.1) is 12.7 Å². The Morgan fingerprint density at radius 2 is 1.88 bits per heavy atom. The van der Waals surface area contributed by atoms with Crippen LogP contribution in [0.5, 0.6) is 0 Å². The Bertz CT molecular complexity index is 1010. The number of aromatic nitrogens is 4. The standard InChI is InChI=1S/C18H18FN5O2/c1-11(21-18(26)16-8-9-17(25)23(3)22-16)15-10-20-24(12(15)2)14-6-4-13(19)5-7-14/h4-11H,1-3H3,(H,21,26). The summed E-state index contributed by atoms with van der Waals surface area (Å²) in [5.41, 5.74) is 2.26. The Hall–Kier alpha value is -3.29. The zero-order valence-electron chi connectivity index (χ0n) is 14.6. The van der Waals surface area contributed by atoms with Gasteiger partial charge in [0.2, 0.25) is 0 Å². The molecular formula is C18H18FN5O2. The number of amides is 1. The van der Waals surface area contributed by atoms with Crippen LogP contribution in [-0.2, 0) is 7.05 Å². The smallest absolute Gasteiger partial charge is 0.272 e. The van der Waals surface area contributed by atoms with Crippen molar-refractivity contribution < 1.29 is 9.18 Å². The van der Waals surface area contributed by atoms with Crippen LogP contribution in [0.2, 0.25) is 0 Å². The maximum atomic E-state index is 13.1. The molecule has 26 heavy (non-hydrogen) atoms. The monoisotopic (exact) mass is 355 g/mol. The van der Waals surface area contributed by atoms with Crippen LogP contribution in [0.15, 0.2) is 47.4 Å². The third-order valence-corrected chi connectivity index (χ3v) is 4.13. The topological polar surface area (TPSA) is 81.8 Å². The average molecular weight is 355 g/mol. The lowest BCUT2D eigenvalue weighted by atomic mass is 10.1. The van der Waals surface area contributed by atoms with Gasteiger partial charge in [-0.15, -0.1) is 0 Å². The van der Waals surface area contributed by atoms with E-state index in [1.165, 1.54) is 31.3 Å². The normalized spacial score (nSPS) is 12.0. The summed E-state index contributed by atoms with van der Waals surface area (Å²) < 4.78 is 15.9. The number of aryl methyl sites for hydroxylation is 1. The molecule has 1 atom stereocenters. The Morgan fingerprint density at radius 1 is 1.19 bits per heavy atom. The van der Waals surface area contributed by atoms with Crippen molar-refractivity contribution in [1.82, 2.24) is 24.9 Å². The van der Waals surface area contributed by atoms with Crippen molar-refractivity contribution in [2.24, 2.45) is 7.05 Å². The van der Waals surface area contributed by atoms with Crippen LogP contribution in [-0.4, -0.2) is 25.5 Å². The summed E-state index contributed by atoms with van der Waals surface area (Å²) >= 11 is 0. The predicted octanol–water partition coefficient (Wildman–Crippen LogP) is 1.90. The van der Waals surface area contributed by atoms with Gasteiger partial charge in [0.1, 0.15) is 11.5 Å². The van der Waals surface area contributed by atoms with Gasteiger partial charge in [-0.05, 0) is 44.2 Å². The van der Waals surface area contributed by atoms with E-state index in [0.29, 0.717) is 0 Å². The molecule has 1 aromatic carbocycles. The molecule has 8 heteroatoms. The highest BCUT2D eigenvalue weighted by Gasteiger charge is 2.18. The molecule has 0 spiro atoms. The minimum Gasteiger partial charge on any atom is -0.344 e. The van der Waals surface area contributed by atoms with Crippen LogP contribution in [0.1, 0.15) is 34.7 Å². The van der Waals surface area contributed by atoms with E-state index in [1.807, 2.05) is 13.8 Å². The number of nitrogens with zero attached hydrogens (tertiary/aromatic N) is 4. The lowest BCUT2D eigenvalue weighted by Crippen LogP contribution is -2.30. The average Bonchev–Trinajstić information content (AvgIpc) is 2.99. The lowest BCUT2D eigenvalue weighted by molar-refractivity contribution is 0.0932. The number of nitrogens with one attached hydrogen (secondary N) is 1. The molecule has 0 bridgehead atoms. The molecule has 0 fully saturated rings. The van der Waals surface area contributed by atoms with Gasteiger partial charge in [0, 0.05) is 24.4 Å². The van der Waals surface area contributed by atoms with E-state index < -0.39 is 0 Å². The first-order valence-electron chi connectivity index (χ1n) is 8.02. The highest BCUT2D eigenvalue weighted by atomic mass is 19.1. The van der Waals surface area contributed by atoms with E-state index in [-0.39, 0.29) is 29.0 Å². The van der Waals surface area contributed by atoms with Gasteiger partial charge in [0.25, 0.3) is 11.5 Å². The summed E-state index contributed by atoms with van der Waals surface area (Å²) in [6, 6.07) is 8.37. The van der Waals surface area contributed by atoms with Gasteiger partial charge in [-0.2, -0.15) is 10.2 Å². The second-order valence-corrected chi connectivity index (χ2v) is 5.95. The van der Waals surface area contributed by atoms with E-state index in [0.717, 1.165) is 21.6 Å². The largest absolute Gasteiger partial charge is 0.344 e. The number of halogens is 1. The highest BCUT2D eigenvalue weighted by Crippen LogP contribution is 2.20. The van der Waals surface area contributed by atoms with Crippen LogP contribution < -0.4 is 10.9 Å². The highest BCUT2D eigenvalue weighted by molar-refractivity contribution is 5.92. The first-order chi connectivity index (χ1) is 12.4. The number of rotatable bonds is 4. The lowest BCUT2D eigenvalue weighted by Gasteiger charge is -2.14. The molecule has 0 saturated heterocycles. The van der Waals surface area contributed by atoms with Crippen LogP contribution in [0.4, 0.5) is 4.39 Å². The third kappa shape index (κ3) is 3.39. The number of benzene rings is 1. The quantitative estimate of drug-likeness (QED) is 0.775. The van der Waals surface area contributed by atoms with Crippen LogP contribution >= 0.6 is 0 Å². The van der Waals surface area contributed by atoms with Crippen LogP contribution in [0.25, 0.3) is 5.69 Å². The number of hydrogen-bond donors (Lipinski definition) is 1. The van der Waals surface area contributed by atoms with Gasteiger partial charge in [-0.25, -0.2) is 13.8 Å². The van der Waals surface area contributed by atoms with Gasteiger partial charge < -0.3 is 5.32 Å². The first-order valence-corrected chi connectivity index (χ1v) is 8.02. The zero-order chi connectivity index (χ0) is 18.8. The molecule has 1 amide bonds. The summed E-state index contributed by atoms with van der Waals surface area (Å²) in [7, 11) is 1.49. The van der Waals surface area contributed by atoms with Crippen LogP contribution in [0.3, 0.4) is 0 Å². The van der Waals surface area contributed by atoms with E-state index >= 15 is 0 Å². The summed E-state index contributed by atoms with van der Waals surface area (Å²) in [4.78, 5) is 23.7. The van der Waals surface area contributed by atoms with E-state index in [4.69, 9.17) is 0 Å². The Balaban J connectivity index is 1.81. The second kappa shape index (κ2) is 6.91. The Kier molecular flexibility index (Phi) is 4.66. The fourth-order valence-electron chi connectivity index (χ4n) is 2.66. The minimum absolute atomic E-state index is 0.155. The van der Waals surface area contributed by atoms with Crippen molar-refractivity contribution in [3.05, 3.63) is 75.7 Å². The number of carbonyl (C=O) groups is 1. The van der Waals surface area contributed by atoms with Gasteiger partial charge >= 0.3 is 0 Å². The van der Waals surface area contributed by atoms with E-state index in [9.17, 15) is 14.0 Å². The SMILES string of the molecule is Cc1c(C(C)NC(=O)c2ccc(=O)n(C)n2)cnn1-c1ccc(F)cc1. The Labute approximate surface area is 149 Å². The molecule has 1 unspecified atom stereocenters. The van der Waals surface area contributed by atoms with E-state index in [1.54, 1.807) is 23.0 Å². The molecule has 2 heterocycles. The summed E-state index contributed by atoms with van der Waals surface area (Å²) in [5, 5.41) is 11.1. The Morgan fingerprint density at radius 3 is 2.54 bits per heavy atom. The van der Waals surface area contributed by atoms with Crippen molar-refractivity contribution in [2.45, 2.75) is 19.9 Å². The van der Waals surface area contributed by atoms with Crippen molar-refractivity contribution >= 4 is 5.91 Å². The molecule has 7 nitrogen and oxygen atoms in total. The van der Waals surface area contributed by atoms with Gasteiger partial charge in [-0.1, -0.05) is 0 Å². The third-order valence-electron chi connectivity index (χ3n) is 4.13. The van der Waals surface area contributed by atoms with Gasteiger partial charge in [0.05, 0.1) is 17.9 Å². The molecule has 3 rings (SSSR count). The molecule has 0 aliphatic rings. The number of hydrogen-bond acceptors (Lipinski definition) is 4. The molecule has 1 N–H and O–H groups in total.